The molecule has 160 valence electrons. The van der Waals surface area contributed by atoms with Crippen LogP contribution < -0.4 is 5.32 Å². The van der Waals surface area contributed by atoms with Crippen molar-refractivity contribution in [2.75, 3.05) is 0 Å². The van der Waals surface area contributed by atoms with Crippen molar-refractivity contribution >= 4 is 27.7 Å². The Morgan fingerprint density at radius 2 is 1.87 bits per heavy atom. The third-order valence-electron chi connectivity index (χ3n) is 6.14. The van der Waals surface area contributed by atoms with Gasteiger partial charge in [-0.1, -0.05) is 54.2 Å². The van der Waals surface area contributed by atoms with Crippen molar-refractivity contribution in [1.29, 1.82) is 0 Å². The number of aromatic nitrogens is 1. The lowest BCUT2D eigenvalue weighted by Gasteiger charge is -2.31. The van der Waals surface area contributed by atoms with E-state index in [9.17, 15) is 4.79 Å². The summed E-state index contributed by atoms with van der Waals surface area (Å²) in [6, 6.07) is 10.7. The molecule has 4 rings (SSSR count). The predicted molar refractivity (Wildman–Crippen MR) is 123 cm³/mol. The van der Waals surface area contributed by atoms with E-state index in [1.165, 1.54) is 25.0 Å². The summed E-state index contributed by atoms with van der Waals surface area (Å²) in [4.78, 5) is 17.6. The highest BCUT2D eigenvalue weighted by molar-refractivity contribution is 9.10. The average Bonchev–Trinajstić information content (AvgIpc) is 3.02. The second-order valence-corrected chi connectivity index (χ2v) is 10.3. The van der Waals surface area contributed by atoms with Crippen LogP contribution in [0.5, 0.6) is 0 Å². The Morgan fingerprint density at radius 1 is 1.17 bits per heavy atom. The summed E-state index contributed by atoms with van der Waals surface area (Å²) >= 11 is 3.52. The molecule has 1 heterocycles. The molecule has 1 amide bonds. The summed E-state index contributed by atoms with van der Waals surface area (Å²) in [7, 11) is 0. The van der Waals surface area contributed by atoms with Crippen LogP contribution in [0.2, 0.25) is 0 Å². The highest BCUT2D eigenvalue weighted by Gasteiger charge is 2.34. The molecule has 1 aromatic carbocycles. The van der Waals surface area contributed by atoms with Crippen molar-refractivity contribution in [3.63, 3.8) is 0 Å². The van der Waals surface area contributed by atoms with Crippen LogP contribution in [0.1, 0.15) is 69.3 Å². The minimum Gasteiger partial charge on any atom is -0.318 e. The van der Waals surface area contributed by atoms with E-state index in [1.807, 2.05) is 0 Å². The lowest BCUT2D eigenvalue weighted by Crippen LogP contribution is -2.36. The Kier molecular flexibility index (Phi) is 6.05. The van der Waals surface area contributed by atoms with Gasteiger partial charge in [-0.05, 0) is 68.4 Å². The first-order valence-corrected chi connectivity index (χ1v) is 11.6. The fourth-order valence-corrected chi connectivity index (χ4v) is 5.01. The largest absolute Gasteiger partial charge is 0.433 e. The van der Waals surface area contributed by atoms with Crippen molar-refractivity contribution < 1.29 is 9.63 Å². The molecule has 0 unspecified atom stereocenters. The molecule has 5 nitrogen and oxygen atoms in total. The molecule has 0 bridgehead atoms. The molecule has 1 fully saturated rings. The Bertz CT molecular complexity index is 954. The van der Waals surface area contributed by atoms with Gasteiger partial charge >= 0.3 is 6.09 Å². The van der Waals surface area contributed by atoms with Crippen molar-refractivity contribution in [2.24, 2.45) is 10.6 Å². The fourth-order valence-electron chi connectivity index (χ4n) is 4.75. The zero-order valence-corrected chi connectivity index (χ0v) is 19.6. The van der Waals surface area contributed by atoms with Crippen molar-refractivity contribution in [2.45, 2.75) is 71.8 Å². The van der Waals surface area contributed by atoms with E-state index >= 15 is 0 Å². The van der Waals surface area contributed by atoms with Crippen LogP contribution in [0.25, 0.3) is 5.69 Å². The van der Waals surface area contributed by atoms with Gasteiger partial charge in [-0.2, -0.15) is 0 Å². The van der Waals surface area contributed by atoms with Gasteiger partial charge in [-0.25, -0.2) is 4.79 Å². The van der Waals surface area contributed by atoms with Crippen LogP contribution in [-0.4, -0.2) is 22.4 Å². The molecule has 1 saturated carbocycles. The summed E-state index contributed by atoms with van der Waals surface area (Å²) in [6.07, 6.45) is 6.92. The summed E-state index contributed by atoms with van der Waals surface area (Å²) < 4.78 is 3.35. The molecule has 1 aromatic heterocycles. The molecule has 0 saturated heterocycles. The van der Waals surface area contributed by atoms with Gasteiger partial charge in [-0.3, -0.25) is 4.84 Å². The standard InChI is InChI=1S/C24H30BrN3O2/c1-16-13-20-21(27-30-23(29)26-18-7-5-4-6-8-18)14-24(2,3)15-22(20)28(16)19-11-9-17(25)10-12-19/h9-13,18H,4-8,14-15H2,1-3H3,(H,26,29)/b27-21+. The zero-order chi connectivity index (χ0) is 21.3. The van der Waals surface area contributed by atoms with Gasteiger partial charge < -0.3 is 9.88 Å². The molecular weight excluding hydrogens is 442 g/mol. The first-order chi connectivity index (χ1) is 14.3. The average molecular weight is 472 g/mol. The van der Waals surface area contributed by atoms with Crippen molar-refractivity contribution in [3.8, 4) is 5.69 Å². The molecule has 6 heteroatoms. The molecule has 2 aliphatic carbocycles. The Balaban J connectivity index is 1.60. The zero-order valence-electron chi connectivity index (χ0n) is 18.0. The smallest absolute Gasteiger partial charge is 0.318 e. The van der Waals surface area contributed by atoms with E-state index in [0.29, 0.717) is 0 Å². The van der Waals surface area contributed by atoms with Gasteiger partial charge in [0.05, 0.1) is 5.71 Å². The number of carbonyl (C=O) groups excluding carboxylic acids is 1. The molecule has 0 aliphatic heterocycles. The van der Waals surface area contributed by atoms with Crippen LogP contribution in [0.3, 0.4) is 0 Å². The Morgan fingerprint density at radius 3 is 2.57 bits per heavy atom. The number of amides is 1. The van der Waals surface area contributed by atoms with E-state index in [4.69, 9.17) is 4.84 Å². The van der Waals surface area contributed by atoms with E-state index in [-0.39, 0.29) is 11.5 Å². The highest BCUT2D eigenvalue weighted by Crippen LogP contribution is 2.38. The Hall–Kier alpha value is -2.08. The van der Waals surface area contributed by atoms with Crippen LogP contribution in [0.15, 0.2) is 40.0 Å². The quantitative estimate of drug-likeness (QED) is 0.422. The number of carbonyl (C=O) groups is 1. The molecule has 2 aliphatic rings. The SMILES string of the molecule is Cc1cc2c(n1-c1ccc(Br)cc1)CC(C)(C)C/C2=N\OC(=O)NC1CCCCC1. The highest BCUT2D eigenvalue weighted by atomic mass is 79.9. The topological polar surface area (TPSA) is 55.6 Å². The van der Waals surface area contributed by atoms with E-state index in [1.54, 1.807) is 0 Å². The van der Waals surface area contributed by atoms with Crippen molar-refractivity contribution in [1.82, 2.24) is 9.88 Å². The molecule has 30 heavy (non-hydrogen) atoms. The maximum atomic E-state index is 12.3. The number of aryl methyl sites for hydroxylation is 1. The third-order valence-corrected chi connectivity index (χ3v) is 6.67. The number of benzene rings is 1. The van der Waals surface area contributed by atoms with Crippen LogP contribution in [-0.2, 0) is 11.3 Å². The molecule has 0 spiro atoms. The number of fused-ring (bicyclic) bond motifs is 1. The lowest BCUT2D eigenvalue weighted by molar-refractivity contribution is 0.142. The molecular formula is C24H30BrN3O2. The summed E-state index contributed by atoms with van der Waals surface area (Å²) in [5.41, 5.74) is 5.47. The van der Waals surface area contributed by atoms with Gasteiger partial charge in [0, 0.05) is 33.2 Å². The molecule has 0 atom stereocenters. The van der Waals surface area contributed by atoms with Crippen LogP contribution in [0, 0.1) is 12.3 Å². The predicted octanol–water partition coefficient (Wildman–Crippen LogP) is 6.28. The minimum absolute atomic E-state index is 0.0347. The van der Waals surface area contributed by atoms with Crippen LogP contribution >= 0.6 is 15.9 Å². The first kappa shape index (κ1) is 21.2. The number of halogens is 1. The third kappa shape index (κ3) is 4.64. The Labute approximate surface area is 187 Å². The van der Waals surface area contributed by atoms with Gasteiger partial charge in [0.2, 0.25) is 0 Å². The van der Waals surface area contributed by atoms with E-state index in [2.05, 4.69) is 82.1 Å². The number of nitrogens with zero attached hydrogens (tertiary/aromatic N) is 2. The number of hydrogen-bond donors (Lipinski definition) is 1. The second-order valence-electron chi connectivity index (χ2n) is 9.37. The summed E-state index contributed by atoms with van der Waals surface area (Å²) in [5.74, 6) is 0. The lowest BCUT2D eigenvalue weighted by atomic mass is 9.76. The number of rotatable bonds is 3. The normalized spacial score (nSPS) is 20.1. The minimum atomic E-state index is -0.441. The van der Waals surface area contributed by atoms with Gasteiger partial charge in [-0.15, -0.1) is 0 Å². The fraction of sp³-hybridized carbons (Fsp3) is 0.500. The van der Waals surface area contributed by atoms with Crippen molar-refractivity contribution in [3.05, 3.63) is 51.8 Å². The summed E-state index contributed by atoms with van der Waals surface area (Å²) in [5, 5.41) is 7.30. The van der Waals surface area contributed by atoms with Crippen LogP contribution in [0.4, 0.5) is 4.79 Å². The monoisotopic (exact) mass is 471 g/mol. The van der Waals surface area contributed by atoms with E-state index in [0.717, 1.165) is 52.8 Å². The number of oxime groups is 1. The maximum absolute atomic E-state index is 12.3. The number of hydrogen-bond acceptors (Lipinski definition) is 3. The van der Waals surface area contributed by atoms with Gasteiger partial charge in [0.15, 0.2) is 0 Å². The van der Waals surface area contributed by atoms with Gasteiger partial charge in [0.25, 0.3) is 0 Å². The summed E-state index contributed by atoms with van der Waals surface area (Å²) in [6.45, 7) is 6.59. The van der Waals surface area contributed by atoms with E-state index < -0.39 is 6.09 Å². The first-order valence-electron chi connectivity index (χ1n) is 10.8. The second kappa shape index (κ2) is 8.58. The molecule has 1 N–H and O–H groups in total. The number of nitrogens with one attached hydrogen (secondary N) is 1. The molecule has 0 radical (unpaired) electrons. The molecule has 2 aromatic rings. The maximum Gasteiger partial charge on any atom is 0.433 e. The van der Waals surface area contributed by atoms with Gasteiger partial charge in [0.1, 0.15) is 0 Å².